The van der Waals surface area contributed by atoms with Crippen LogP contribution in [0.25, 0.3) is 0 Å². The van der Waals surface area contributed by atoms with Crippen LogP contribution in [0.5, 0.6) is 11.5 Å². The smallest absolute Gasteiger partial charge is 0.308 e. The van der Waals surface area contributed by atoms with Crippen LogP contribution in [0, 0.1) is 0 Å². The highest BCUT2D eigenvalue weighted by atomic mass is 16.7. The molecule has 0 bridgehead atoms. The van der Waals surface area contributed by atoms with Crippen molar-refractivity contribution in [2.75, 3.05) is 13.4 Å². The molecule has 21 heavy (non-hydrogen) atoms. The molecule has 0 amide bonds. The van der Waals surface area contributed by atoms with Gasteiger partial charge in [0.1, 0.15) is 6.10 Å². The summed E-state index contributed by atoms with van der Waals surface area (Å²) >= 11 is 0. The third kappa shape index (κ3) is 3.32. The van der Waals surface area contributed by atoms with Gasteiger partial charge in [0.2, 0.25) is 6.79 Å². The van der Waals surface area contributed by atoms with Gasteiger partial charge in [0.15, 0.2) is 17.8 Å². The summed E-state index contributed by atoms with van der Waals surface area (Å²) in [5.41, 5.74) is 0.334. The van der Waals surface area contributed by atoms with Gasteiger partial charge in [-0.2, -0.15) is 0 Å². The SMILES string of the molecule is CCOC(=O)CC(O)C(O)c1cc2c(cc1C=O)OCO2. The zero-order valence-corrected chi connectivity index (χ0v) is 11.4. The van der Waals surface area contributed by atoms with Crippen LogP contribution >= 0.6 is 0 Å². The molecular weight excluding hydrogens is 280 g/mol. The highest BCUT2D eigenvalue weighted by Crippen LogP contribution is 2.37. The number of aliphatic hydroxyl groups excluding tert-OH is 2. The van der Waals surface area contributed by atoms with Crippen molar-refractivity contribution < 1.29 is 34.0 Å². The zero-order valence-electron chi connectivity index (χ0n) is 11.4. The molecule has 7 heteroatoms. The van der Waals surface area contributed by atoms with Crippen molar-refractivity contribution in [2.24, 2.45) is 0 Å². The summed E-state index contributed by atoms with van der Waals surface area (Å²) in [6, 6.07) is 2.84. The van der Waals surface area contributed by atoms with Crippen LogP contribution < -0.4 is 9.47 Å². The molecule has 114 valence electrons. The van der Waals surface area contributed by atoms with E-state index in [2.05, 4.69) is 0 Å². The van der Waals surface area contributed by atoms with E-state index in [9.17, 15) is 19.8 Å². The maximum Gasteiger partial charge on any atom is 0.308 e. The van der Waals surface area contributed by atoms with Crippen LogP contribution in [-0.4, -0.2) is 42.0 Å². The Morgan fingerprint density at radius 3 is 2.67 bits per heavy atom. The number of hydrogen-bond acceptors (Lipinski definition) is 7. The largest absolute Gasteiger partial charge is 0.466 e. The van der Waals surface area contributed by atoms with Gasteiger partial charge >= 0.3 is 5.97 Å². The monoisotopic (exact) mass is 296 g/mol. The number of benzene rings is 1. The minimum atomic E-state index is -1.41. The van der Waals surface area contributed by atoms with E-state index >= 15 is 0 Å². The molecule has 1 heterocycles. The standard InChI is InChI=1S/C14H16O7/c1-2-19-13(17)5-10(16)14(18)9-4-12-11(20-7-21-12)3-8(9)6-15/h3-4,6,10,14,16,18H,2,5,7H2,1H3. The second-order valence-corrected chi connectivity index (χ2v) is 4.47. The molecule has 2 rings (SSSR count). The summed E-state index contributed by atoms with van der Waals surface area (Å²) < 4.78 is 15.0. The number of esters is 1. The molecule has 0 aliphatic carbocycles. The predicted molar refractivity (Wildman–Crippen MR) is 70.2 cm³/mol. The number of aldehydes is 1. The first-order chi connectivity index (χ1) is 10.1. The molecule has 2 unspecified atom stereocenters. The molecule has 0 saturated heterocycles. The Labute approximate surface area is 121 Å². The number of rotatable bonds is 6. The molecule has 2 N–H and O–H groups in total. The molecule has 1 aliphatic heterocycles. The molecule has 7 nitrogen and oxygen atoms in total. The first-order valence-electron chi connectivity index (χ1n) is 6.47. The molecule has 0 aromatic heterocycles. The fourth-order valence-corrected chi connectivity index (χ4v) is 2.04. The van der Waals surface area contributed by atoms with E-state index in [4.69, 9.17) is 14.2 Å². The average Bonchev–Trinajstić information content (AvgIpc) is 2.92. The van der Waals surface area contributed by atoms with E-state index in [1.54, 1.807) is 6.92 Å². The Balaban J connectivity index is 2.20. The minimum absolute atomic E-state index is 0.0263. The van der Waals surface area contributed by atoms with Crippen molar-refractivity contribution in [3.05, 3.63) is 23.3 Å². The second-order valence-electron chi connectivity index (χ2n) is 4.47. The number of hydrogen-bond donors (Lipinski definition) is 2. The summed E-state index contributed by atoms with van der Waals surface area (Å²) in [5, 5.41) is 20.0. The van der Waals surface area contributed by atoms with Crippen molar-refractivity contribution in [1.29, 1.82) is 0 Å². The molecule has 2 atom stereocenters. The molecule has 1 aliphatic rings. The highest BCUT2D eigenvalue weighted by Gasteiger charge is 2.27. The first kappa shape index (κ1) is 15.3. The Morgan fingerprint density at radius 1 is 1.38 bits per heavy atom. The molecular formula is C14H16O7. The lowest BCUT2D eigenvalue weighted by molar-refractivity contribution is -0.147. The van der Waals surface area contributed by atoms with Gasteiger partial charge in [-0.3, -0.25) is 9.59 Å². The van der Waals surface area contributed by atoms with Crippen molar-refractivity contribution in [1.82, 2.24) is 0 Å². The maximum absolute atomic E-state index is 11.3. The van der Waals surface area contributed by atoms with Gasteiger partial charge in [0.25, 0.3) is 0 Å². The Morgan fingerprint density at radius 2 is 2.05 bits per heavy atom. The predicted octanol–water partition coefficient (Wildman–Crippen LogP) is 0.575. The van der Waals surface area contributed by atoms with Crippen LogP contribution in [0.1, 0.15) is 35.4 Å². The molecule has 0 radical (unpaired) electrons. The normalized spacial score (nSPS) is 15.4. The average molecular weight is 296 g/mol. The lowest BCUT2D eigenvalue weighted by Gasteiger charge is -2.19. The third-order valence-corrected chi connectivity index (χ3v) is 3.07. The van der Waals surface area contributed by atoms with Gasteiger partial charge in [-0.05, 0) is 24.6 Å². The Kier molecular flexibility index (Phi) is 4.77. The Hall–Kier alpha value is -2.12. The fourth-order valence-electron chi connectivity index (χ4n) is 2.04. The number of fused-ring (bicyclic) bond motifs is 1. The minimum Gasteiger partial charge on any atom is -0.466 e. The zero-order chi connectivity index (χ0) is 15.4. The van der Waals surface area contributed by atoms with Gasteiger partial charge in [-0.15, -0.1) is 0 Å². The van der Waals surface area contributed by atoms with Crippen LogP contribution in [0.4, 0.5) is 0 Å². The lowest BCUT2D eigenvalue weighted by Crippen LogP contribution is -2.24. The topological polar surface area (TPSA) is 102 Å². The molecule has 0 spiro atoms. The van der Waals surface area contributed by atoms with Gasteiger partial charge < -0.3 is 24.4 Å². The molecule has 1 aromatic carbocycles. The number of ether oxygens (including phenoxy) is 3. The third-order valence-electron chi connectivity index (χ3n) is 3.07. The summed E-state index contributed by atoms with van der Waals surface area (Å²) in [6.45, 7) is 1.85. The summed E-state index contributed by atoms with van der Waals surface area (Å²) in [4.78, 5) is 22.4. The Bertz CT molecular complexity index is 540. The van der Waals surface area contributed by atoms with Crippen molar-refractivity contribution in [3.8, 4) is 11.5 Å². The van der Waals surface area contributed by atoms with Crippen molar-refractivity contribution in [3.63, 3.8) is 0 Å². The highest BCUT2D eigenvalue weighted by molar-refractivity contribution is 5.80. The molecule has 1 aromatic rings. The van der Waals surface area contributed by atoms with Gasteiger partial charge in [-0.25, -0.2) is 0 Å². The second kappa shape index (κ2) is 6.55. The van der Waals surface area contributed by atoms with Crippen LogP contribution in [0.3, 0.4) is 0 Å². The first-order valence-corrected chi connectivity index (χ1v) is 6.47. The van der Waals surface area contributed by atoms with Crippen molar-refractivity contribution >= 4 is 12.3 Å². The van der Waals surface area contributed by atoms with Crippen LogP contribution in [0.2, 0.25) is 0 Å². The molecule has 0 fully saturated rings. The van der Waals surface area contributed by atoms with Gasteiger partial charge in [0.05, 0.1) is 19.1 Å². The summed E-state index contributed by atoms with van der Waals surface area (Å²) in [6.07, 6.45) is -2.63. The van der Waals surface area contributed by atoms with E-state index in [1.165, 1.54) is 12.1 Å². The van der Waals surface area contributed by atoms with E-state index in [0.717, 1.165) is 0 Å². The fraction of sp³-hybridized carbons (Fsp3) is 0.429. The quantitative estimate of drug-likeness (QED) is 0.584. The number of aliphatic hydroxyl groups is 2. The summed E-state index contributed by atoms with van der Waals surface area (Å²) in [5.74, 6) is 0.142. The molecule has 0 saturated carbocycles. The number of carbonyl (C=O) groups excluding carboxylic acids is 2. The maximum atomic E-state index is 11.3. The van der Waals surface area contributed by atoms with Crippen LogP contribution in [-0.2, 0) is 9.53 Å². The van der Waals surface area contributed by atoms with Gasteiger partial charge in [0, 0.05) is 5.56 Å². The van der Waals surface area contributed by atoms with E-state index in [0.29, 0.717) is 17.8 Å². The number of carbonyl (C=O) groups is 2. The van der Waals surface area contributed by atoms with E-state index in [-0.39, 0.29) is 30.9 Å². The van der Waals surface area contributed by atoms with Gasteiger partial charge in [-0.1, -0.05) is 0 Å². The lowest BCUT2D eigenvalue weighted by atomic mass is 9.97. The van der Waals surface area contributed by atoms with E-state index < -0.39 is 18.2 Å². The van der Waals surface area contributed by atoms with Crippen LogP contribution in [0.15, 0.2) is 12.1 Å². The van der Waals surface area contributed by atoms with E-state index in [1.807, 2.05) is 0 Å². The van der Waals surface area contributed by atoms with Crippen molar-refractivity contribution in [2.45, 2.75) is 25.6 Å². The summed E-state index contributed by atoms with van der Waals surface area (Å²) in [7, 11) is 0.